The highest BCUT2D eigenvalue weighted by molar-refractivity contribution is 6.64. The lowest BCUT2D eigenvalue weighted by Crippen LogP contribution is -2.14. The van der Waals surface area contributed by atoms with Gasteiger partial charge in [0.1, 0.15) is 5.71 Å². The molecule has 0 radical (unpaired) electrons. The van der Waals surface area contributed by atoms with Crippen LogP contribution in [0.3, 0.4) is 0 Å². The third-order valence-electron chi connectivity index (χ3n) is 1.08. The Hall–Kier alpha value is -0.310. The smallest absolute Gasteiger partial charge is 0.223 e. The fourth-order valence-corrected chi connectivity index (χ4v) is 1.22. The molecule has 1 aliphatic rings. The van der Waals surface area contributed by atoms with Gasteiger partial charge in [0.2, 0.25) is 5.78 Å². The average molecular weight is 210 g/mol. The van der Waals surface area contributed by atoms with Gasteiger partial charge in [-0.1, -0.05) is 23.2 Å². The number of rotatable bonds is 0. The SMILES string of the molecule is O=C1C(Cl)=CC(Cl)=C/C1=N/Cl. The number of nitrogens with zero attached hydrogens (tertiary/aromatic N) is 1. The number of halogens is 3. The summed E-state index contributed by atoms with van der Waals surface area (Å²) in [5.74, 6) is -0.411. The molecule has 0 amide bonds. The minimum atomic E-state index is -0.411. The van der Waals surface area contributed by atoms with Crippen molar-refractivity contribution in [2.45, 2.75) is 0 Å². The summed E-state index contributed by atoms with van der Waals surface area (Å²) in [5, 5.41) is 0.367. The predicted molar refractivity (Wildman–Crippen MR) is 46.2 cm³/mol. The summed E-state index contributed by atoms with van der Waals surface area (Å²) in [6, 6.07) is 0. The number of allylic oxidation sites excluding steroid dienone is 4. The van der Waals surface area contributed by atoms with Crippen LogP contribution in [-0.4, -0.2) is 11.5 Å². The summed E-state index contributed by atoms with van der Waals surface area (Å²) in [7, 11) is 0. The van der Waals surface area contributed by atoms with Crippen molar-refractivity contribution in [2.24, 2.45) is 4.51 Å². The standard InChI is InChI=1S/C6H2Cl3NO/c7-3-1-4(8)6(11)5(2-3)10-9/h1-2H/b10-5-. The molecule has 0 N–H and O–H groups in total. The molecule has 0 heterocycles. The number of carbonyl (C=O) groups excluding carboxylic acids is 1. The molecule has 58 valence electrons. The van der Waals surface area contributed by atoms with Crippen molar-refractivity contribution < 1.29 is 4.79 Å². The van der Waals surface area contributed by atoms with Crippen LogP contribution in [0.15, 0.2) is 26.7 Å². The van der Waals surface area contributed by atoms with E-state index in [-0.39, 0.29) is 10.7 Å². The van der Waals surface area contributed by atoms with Crippen LogP contribution < -0.4 is 0 Å². The zero-order valence-electron chi connectivity index (χ0n) is 5.14. The van der Waals surface area contributed by atoms with E-state index in [0.29, 0.717) is 5.03 Å². The molecule has 1 rings (SSSR count). The van der Waals surface area contributed by atoms with E-state index in [2.05, 4.69) is 4.51 Å². The first-order valence-corrected chi connectivity index (χ1v) is 3.72. The van der Waals surface area contributed by atoms with Crippen LogP contribution in [-0.2, 0) is 4.79 Å². The monoisotopic (exact) mass is 209 g/mol. The van der Waals surface area contributed by atoms with Crippen LogP contribution in [0, 0.1) is 0 Å². The van der Waals surface area contributed by atoms with Gasteiger partial charge in [-0.15, -0.1) is 0 Å². The average Bonchev–Trinajstić information content (AvgIpc) is 1.96. The Balaban J connectivity index is 3.10. The van der Waals surface area contributed by atoms with E-state index >= 15 is 0 Å². The van der Waals surface area contributed by atoms with Crippen molar-refractivity contribution >= 4 is 46.5 Å². The number of carbonyl (C=O) groups is 1. The van der Waals surface area contributed by atoms with Crippen molar-refractivity contribution in [3.8, 4) is 0 Å². The summed E-state index contributed by atoms with van der Waals surface area (Å²) in [5.41, 5.74) is 0.0594. The molecule has 0 atom stereocenters. The Labute approximate surface area is 78.3 Å². The molecule has 0 fully saturated rings. The highest BCUT2D eigenvalue weighted by atomic mass is 35.5. The molecule has 11 heavy (non-hydrogen) atoms. The number of hydrogen-bond donors (Lipinski definition) is 0. The van der Waals surface area contributed by atoms with Gasteiger partial charge in [0, 0.05) is 16.8 Å². The Morgan fingerprint density at radius 3 is 2.45 bits per heavy atom. The molecule has 0 aromatic heterocycles. The zero-order valence-corrected chi connectivity index (χ0v) is 7.41. The molecular formula is C6H2Cl3NO. The highest BCUT2D eigenvalue weighted by Gasteiger charge is 2.17. The topological polar surface area (TPSA) is 29.4 Å². The fraction of sp³-hybridized carbons (Fsp3) is 0. The highest BCUT2D eigenvalue weighted by Crippen LogP contribution is 2.18. The Kier molecular flexibility index (Phi) is 2.71. The second-order valence-electron chi connectivity index (χ2n) is 1.82. The third kappa shape index (κ3) is 1.83. The number of ketones is 1. The van der Waals surface area contributed by atoms with Crippen LogP contribution >= 0.6 is 35.0 Å². The van der Waals surface area contributed by atoms with Crippen molar-refractivity contribution in [2.75, 3.05) is 0 Å². The van der Waals surface area contributed by atoms with Crippen molar-refractivity contribution in [3.63, 3.8) is 0 Å². The summed E-state index contributed by atoms with van der Waals surface area (Å²) in [4.78, 5) is 11.0. The van der Waals surface area contributed by atoms with Gasteiger partial charge in [-0.2, -0.15) is 4.51 Å². The van der Waals surface area contributed by atoms with Gasteiger partial charge >= 0.3 is 0 Å². The van der Waals surface area contributed by atoms with E-state index in [0.717, 1.165) is 0 Å². The lowest BCUT2D eigenvalue weighted by molar-refractivity contribution is -0.109. The minimum Gasteiger partial charge on any atom is -0.286 e. The minimum absolute atomic E-state index is 0.0249. The lowest BCUT2D eigenvalue weighted by Gasteiger charge is -2.03. The summed E-state index contributed by atoms with van der Waals surface area (Å²) < 4.78 is 3.18. The normalized spacial score (nSPS) is 21.7. The van der Waals surface area contributed by atoms with E-state index < -0.39 is 5.78 Å². The van der Waals surface area contributed by atoms with Crippen LogP contribution in [0.25, 0.3) is 0 Å². The molecular weight excluding hydrogens is 208 g/mol. The van der Waals surface area contributed by atoms with Gasteiger partial charge in [-0.3, -0.25) is 4.79 Å². The first kappa shape index (κ1) is 8.78. The zero-order chi connectivity index (χ0) is 8.43. The molecule has 0 aromatic rings. The van der Waals surface area contributed by atoms with Crippen molar-refractivity contribution in [1.82, 2.24) is 0 Å². The number of hydrogen-bond acceptors (Lipinski definition) is 2. The summed E-state index contributed by atoms with van der Waals surface area (Å²) in [6.07, 6.45) is 2.69. The van der Waals surface area contributed by atoms with Gasteiger partial charge in [-0.05, 0) is 12.2 Å². The van der Waals surface area contributed by atoms with Gasteiger partial charge in [0.25, 0.3) is 0 Å². The summed E-state index contributed by atoms with van der Waals surface area (Å²) >= 11 is 16.1. The Morgan fingerprint density at radius 2 is 1.91 bits per heavy atom. The molecule has 5 heteroatoms. The number of Topliss-reactive ketones (excluding diaryl/α,β-unsaturated/α-hetero) is 1. The van der Waals surface area contributed by atoms with Gasteiger partial charge in [-0.25, -0.2) is 0 Å². The van der Waals surface area contributed by atoms with E-state index in [9.17, 15) is 4.79 Å². The molecule has 0 aliphatic heterocycles. The predicted octanol–water partition coefficient (Wildman–Crippen LogP) is 2.41. The van der Waals surface area contributed by atoms with Crippen molar-refractivity contribution in [3.05, 3.63) is 22.2 Å². The molecule has 0 saturated heterocycles. The van der Waals surface area contributed by atoms with Crippen LogP contribution in [0.4, 0.5) is 0 Å². The second kappa shape index (κ2) is 3.39. The van der Waals surface area contributed by atoms with Crippen LogP contribution in [0.5, 0.6) is 0 Å². The molecule has 0 bridgehead atoms. The molecule has 0 unspecified atom stereocenters. The Bertz CT molecular complexity index is 290. The van der Waals surface area contributed by atoms with E-state index in [1.54, 1.807) is 0 Å². The van der Waals surface area contributed by atoms with Gasteiger partial charge in [0.05, 0.1) is 5.03 Å². The van der Waals surface area contributed by atoms with Crippen LogP contribution in [0.2, 0.25) is 0 Å². The largest absolute Gasteiger partial charge is 0.286 e. The second-order valence-corrected chi connectivity index (χ2v) is 2.83. The molecule has 0 saturated carbocycles. The van der Waals surface area contributed by atoms with Gasteiger partial charge < -0.3 is 0 Å². The van der Waals surface area contributed by atoms with E-state index in [1.807, 2.05) is 0 Å². The first-order chi connectivity index (χ1) is 5.15. The van der Waals surface area contributed by atoms with Crippen molar-refractivity contribution in [1.29, 1.82) is 0 Å². The van der Waals surface area contributed by atoms with E-state index in [4.69, 9.17) is 35.0 Å². The molecule has 0 aromatic carbocycles. The lowest BCUT2D eigenvalue weighted by atomic mass is 10.1. The van der Waals surface area contributed by atoms with Crippen LogP contribution in [0.1, 0.15) is 0 Å². The van der Waals surface area contributed by atoms with E-state index in [1.165, 1.54) is 12.2 Å². The molecule has 2 nitrogen and oxygen atoms in total. The fourth-order valence-electron chi connectivity index (χ4n) is 0.610. The first-order valence-electron chi connectivity index (χ1n) is 2.63. The maximum absolute atomic E-state index is 11.0. The van der Waals surface area contributed by atoms with Gasteiger partial charge in [0.15, 0.2) is 0 Å². The Morgan fingerprint density at radius 1 is 1.27 bits per heavy atom. The summed E-state index contributed by atoms with van der Waals surface area (Å²) in [6.45, 7) is 0. The molecule has 0 spiro atoms. The molecule has 1 aliphatic carbocycles. The maximum Gasteiger partial charge on any atom is 0.223 e. The quantitative estimate of drug-likeness (QED) is 0.565. The maximum atomic E-state index is 11.0. The third-order valence-corrected chi connectivity index (χ3v) is 1.76.